The maximum atomic E-state index is 13.6. The highest BCUT2D eigenvalue weighted by Crippen LogP contribution is 2.21. The number of hydrogen-bond acceptors (Lipinski definition) is 6. The molecule has 216 valence electrons. The normalized spacial score (nSPS) is 24.6. The molecule has 2 heterocycles. The van der Waals surface area contributed by atoms with Gasteiger partial charge in [0.2, 0.25) is 29.5 Å². The van der Waals surface area contributed by atoms with Gasteiger partial charge in [-0.2, -0.15) is 0 Å². The highest BCUT2D eigenvalue weighted by atomic mass is 16.5. The van der Waals surface area contributed by atoms with Gasteiger partial charge in [-0.3, -0.25) is 29.2 Å². The minimum atomic E-state index is -0.854. The lowest BCUT2D eigenvalue weighted by Gasteiger charge is -2.32. The number of nitrogens with one attached hydrogen (secondary N) is 4. The summed E-state index contributed by atoms with van der Waals surface area (Å²) in [5.74, 6) is -1.83. The maximum absolute atomic E-state index is 13.6. The van der Waals surface area contributed by atoms with Crippen molar-refractivity contribution in [3.8, 4) is 0 Å². The summed E-state index contributed by atoms with van der Waals surface area (Å²) in [4.78, 5) is 66.4. The molecule has 2 aliphatic rings. The van der Waals surface area contributed by atoms with Crippen LogP contribution in [-0.4, -0.2) is 70.4 Å². The zero-order valence-electron chi connectivity index (χ0n) is 23.1. The van der Waals surface area contributed by atoms with E-state index in [-0.39, 0.29) is 24.1 Å². The lowest BCUT2D eigenvalue weighted by atomic mass is 10.0. The van der Waals surface area contributed by atoms with Crippen molar-refractivity contribution in [2.75, 3.05) is 6.54 Å². The average Bonchev–Trinajstić information content (AvgIpc) is 3.40. The Labute approximate surface area is 226 Å². The van der Waals surface area contributed by atoms with E-state index in [2.05, 4.69) is 29.8 Å². The number of nitrogens with zero attached hydrogens (tertiary/aromatic N) is 1. The van der Waals surface area contributed by atoms with E-state index >= 15 is 0 Å². The summed E-state index contributed by atoms with van der Waals surface area (Å²) >= 11 is 0. The Morgan fingerprint density at radius 2 is 1.32 bits per heavy atom. The first-order valence-electron chi connectivity index (χ1n) is 14.5. The standard InChI is InChI=1S/C27H47N5O6/c1-3-5-8-13-19-25(35)30-21(15-9-6-4-2)27(37)32-18-12-16-22(32)26(36)29-20(24(34)28-19)14-10-7-11-17-23(33)31-38/h19-22,38H,3-18H2,1-2H3,(H,28,34)(H,29,36)(H,30,35)(H,31,33)/t19-,20-,21-,22+/m0/s1. The minimum absolute atomic E-state index is 0.165. The van der Waals surface area contributed by atoms with Crippen molar-refractivity contribution in [1.82, 2.24) is 26.3 Å². The van der Waals surface area contributed by atoms with E-state index in [1.54, 1.807) is 10.4 Å². The Morgan fingerprint density at radius 3 is 1.89 bits per heavy atom. The van der Waals surface area contributed by atoms with Crippen molar-refractivity contribution in [1.29, 1.82) is 0 Å². The predicted octanol–water partition coefficient (Wildman–Crippen LogP) is 2.06. The third-order valence-electron chi connectivity index (χ3n) is 7.43. The van der Waals surface area contributed by atoms with E-state index in [0.29, 0.717) is 57.9 Å². The Kier molecular flexibility index (Phi) is 14.1. The van der Waals surface area contributed by atoms with Crippen LogP contribution < -0.4 is 21.4 Å². The molecule has 2 rings (SSSR count). The first-order valence-corrected chi connectivity index (χ1v) is 14.5. The Hall–Kier alpha value is -2.69. The molecule has 2 saturated heterocycles. The van der Waals surface area contributed by atoms with Gasteiger partial charge < -0.3 is 20.9 Å². The van der Waals surface area contributed by atoms with Gasteiger partial charge in [0, 0.05) is 13.0 Å². The van der Waals surface area contributed by atoms with E-state index in [9.17, 15) is 24.0 Å². The van der Waals surface area contributed by atoms with Gasteiger partial charge in [0.15, 0.2) is 0 Å². The number of rotatable bonds is 14. The maximum Gasteiger partial charge on any atom is 0.245 e. The van der Waals surface area contributed by atoms with Crippen LogP contribution in [0.1, 0.15) is 110 Å². The van der Waals surface area contributed by atoms with E-state index in [0.717, 1.165) is 38.5 Å². The van der Waals surface area contributed by atoms with Crippen molar-refractivity contribution in [2.45, 2.75) is 134 Å². The number of unbranched alkanes of at least 4 members (excludes halogenated alkanes) is 6. The molecule has 5 N–H and O–H groups in total. The highest BCUT2D eigenvalue weighted by molar-refractivity contribution is 5.97. The second kappa shape index (κ2) is 17.0. The van der Waals surface area contributed by atoms with E-state index < -0.39 is 36.0 Å². The highest BCUT2D eigenvalue weighted by Gasteiger charge is 2.40. The zero-order chi connectivity index (χ0) is 27.9. The Bertz CT molecular complexity index is 807. The molecule has 0 aromatic rings. The average molecular weight is 538 g/mol. The summed E-state index contributed by atoms with van der Waals surface area (Å²) in [6.45, 7) is 4.58. The molecule has 0 unspecified atom stereocenters. The van der Waals surface area contributed by atoms with Gasteiger partial charge in [-0.15, -0.1) is 0 Å². The zero-order valence-corrected chi connectivity index (χ0v) is 23.1. The molecule has 2 fully saturated rings. The lowest BCUT2D eigenvalue weighted by molar-refractivity contribution is -0.143. The van der Waals surface area contributed by atoms with Crippen molar-refractivity contribution in [3.05, 3.63) is 0 Å². The second-order valence-electron chi connectivity index (χ2n) is 10.5. The summed E-state index contributed by atoms with van der Waals surface area (Å²) in [6, 6.07) is -3.04. The molecular formula is C27H47N5O6. The lowest BCUT2D eigenvalue weighted by Crippen LogP contribution is -2.61. The van der Waals surface area contributed by atoms with Crippen LogP contribution in [0.2, 0.25) is 0 Å². The fraction of sp³-hybridized carbons (Fsp3) is 0.815. The third-order valence-corrected chi connectivity index (χ3v) is 7.43. The summed E-state index contributed by atoms with van der Waals surface area (Å²) in [7, 11) is 0. The van der Waals surface area contributed by atoms with Crippen molar-refractivity contribution in [2.24, 2.45) is 0 Å². The van der Waals surface area contributed by atoms with Crippen molar-refractivity contribution < 1.29 is 29.2 Å². The molecule has 0 aliphatic carbocycles. The fourth-order valence-corrected chi connectivity index (χ4v) is 5.17. The molecule has 5 amide bonds. The van der Waals surface area contributed by atoms with Crippen LogP contribution in [0.5, 0.6) is 0 Å². The van der Waals surface area contributed by atoms with Crippen LogP contribution in [0.3, 0.4) is 0 Å². The molecule has 0 saturated carbocycles. The van der Waals surface area contributed by atoms with Crippen LogP contribution in [0.15, 0.2) is 0 Å². The number of fused-ring (bicyclic) bond motifs is 1. The molecule has 0 aromatic heterocycles. The number of hydrogen-bond donors (Lipinski definition) is 5. The van der Waals surface area contributed by atoms with Crippen LogP contribution in [-0.2, 0) is 24.0 Å². The number of carbonyl (C=O) groups excluding carboxylic acids is 5. The predicted molar refractivity (Wildman–Crippen MR) is 142 cm³/mol. The summed E-state index contributed by atoms with van der Waals surface area (Å²) in [5, 5.41) is 17.3. The van der Waals surface area contributed by atoms with Crippen LogP contribution in [0.4, 0.5) is 0 Å². The smallest absolute Gasteiger partial charge is 0.245 e. The molecule has 11 nitrogen and oxygen atoms in total. The molecule has 38 heavy (non-hydrogen) atoms. The molecule has 2 aliphatic heterocycles. The van der Waals surface area contributed by atoms with Gasteiger partial charge in [0.05, 0.1) is 0 Å². The van der Waals surface area contributed by atoms with Gasteiger partial charge in [-0.1, -0.05) is 65.2 Å². The molecule has 0 aromatic carbocycles. The number of carbonyl (C=O) groups is 5. The Morgan fingerprint density at radius 1 is 0.789 bits per heavy atom. The number of hydroxylamine groups is 1. The van der Waals surface area contributed by atoms with Crippen LogP contribution in [0.25, 0.3) is 0 Å². The van der Waals surface area contributed by atoms with Crippen LogP contribution in [0, 0.1) is 0 Å². The third kappa shape index (κ3) is 9.89. The first-order chi connectivity index (χ1) is 18.3. The summed E-state index contributed by atoms with van der Waals surface area (Å²) in [5.41, 5.74) is 1.60. The van der Waals surface area contributed by atoms with E-state index in [4.69, 9.17) is 5.21 Å². The van der Waals surface area contributed by atoms with Crippen molar-refractivity contribution in [3.63, 3.8) is 0 Å². The van der Waals surface area contributed by atoms with Gasteiger partial charge in [0.25, 0.3) is 0 Å². The Balaban J connectivity index is 2.23. The topological polar surface area (TPSA) is 157 Å². The summed E-state index contributed by atoms with van der Waals surface area (Å²) < 4.78 is 0. The quantitative estimate of drug-likeness (QED) is 0.130. The van der Waals surface area contributed by atoms with Gasteiger partial charge >= 0.3 is 0 Å². The molecule has 0 radical (unpaired) electrons. The molecule has 0 bridgehead atoms. The van der Waals surface area contributed by atoms with Gasteiger partial charge in [-0.25, -0.2) is 5.48 Å². The molecule has 0 spiro atoms. The van der Waals surface area contributed by atoms with Gasteiger partial charge in [0.1, 0.15) is 24.2 Å². The fourth-order valence-electron chi connectivity index (χ4n) is 5.17. The number of amides is 5. The minimum Gasteiger partial charge on any atom is -0.343 e. The summed E-state index contributed by atoms with van der Waals surface area (Å²) in [6.07, 6.45) is 9.69. The van der Waals surface area contributed by atoms with Crippen LogP contribution >= 0.6 is 0 Å². The molecule has 4 atom stereocenters. The SMILES string of the molecule is CCCCC[C@@H]1NC(=O)[C@H](CCCCCC(=O)NO)NC(=O)[C@H]2CCCN2C(=O)[C@H](CCCCC)NC1=O. The second-order valence-corrected chi connectivity index (χ2v) is 10.5. The van der Waals surface area contributed by atoms with Gasteiger partial charge in [-0.05, 0) is 38.5 Å². The molecule has 11 heteroatoms. The monoisotopic (exact) mass is 537 g/mol. The van der Waals surface area contributed by atoms with E-state index in [1.807, 2.05) is 0 Å². The van der Waals surface area contributed by atoms with E-state index in [1.165, 1.54) is 0 Å². The van der Waals surface area contributed by atoms with Crippen molar-refractivity contribution >= 4 is 29.5 Å². The first kappa shape index (κ1) is 31.5. The largest absolute Gasteiger partial charge is 0.343 e. The molecular weight excluding hydrogens is 490 g/mol.